The number of hydrogen-bond acceptors (Lipinski definition) is 4. The number of thiophene rings is 1. The summed E-state index contributed by atoms with van der Waals surface area (Å²) in [5, 5.41) is 3.09. The quantitative estimate of drug-likeness (QED) is 0.675. The predicted molar refractivity (Wildman–Crippen MR) is 91.3 cm³/mol. The summed E-state index contributed by atoms with van der Waals surface area (Å²) in [5.74, 6) is 1.51. The van der Waals surface area contributed by atoms with E-state index in [4.69, 9.17) is 4.74 Å². The molecule has 1 aromatic heterocycles. The summed E-state index contributed by atoms with van der Waals surface area (Å²) in [6.07, 6.45) is 1.30. The SMILES string of the molecule is O=CNc1sc(-c2ccc(Oc3ccccc3)cc2)cc1C=O. The van der Waals surface area contributed by atoms with Gasteiger partial charge in [0, 0.05) is 10.4 Å². The zero-order chi connectivity index (χ0) is 16.1. The molecule has 0 fully saturated rings. The van der Waals surface area contributed by atoms with E-state index in [9.17, 15) is 9.59 Å². The largest absolute Gasteiger partial charge is 0.457 e. The van der Waals surface area contributed by atoms with Crippen molar-refractivity contribution in [2.24, 2.45) is 0 Å². The molecule has 1 amide bonds. The van der Waals surface area contributed by atoms with Crippen LogP contribution >= 0.6 is 11.3 Å². The second-order valence-corrected chi connectivity index (χ2v) is 5.77. The van der Waals surface area contributed by atoms with Crippen LogP contribution in [0.25, 0.3) is 10.4 Å². The highest BCUT2D eigenvalue weighted by molar-refractivity contribution is 7.20. The van der Waals surface area contributed by atoms with Crippen molar-refractivity contribution in [1.82, 2.24) is 0 Å². The maximum Gasteiger partial charge on any atom is 0.212 e. The maximum absolute atomic E-state index is 11.0. The third-order valence-electron chi connectivity index (χ3n) is 3.20. The van der Waals surface area contributed by atoms with Gasteiger partial charge in [-0.25, -0.2) is 0 Å². The lowest BCUT2D eigenvalue weighted by molar-refractivity contribution is -0.105. The van der Waals surface area contributed by atoms with Crippen LogP contribution < -0.4 is 10.1 Å². The van der Waals surface area contributed by atoms with Crippen molar-refractivity contribution in [3.05, 3.63) is 66.2 Å². The Kier molecular flexibility index (Phi) is 4.49. The van der Waals surface area contributed by atoms with Crippen LogP contribution in [0.5, 0.6) is 11.5 Å². The number of ether oxygens (including phenoxy) is 1. The number of hydrogen-bond donors (Lipinski definition) is 1. The number of anilines is 1. The minimum atomic E-state index is 0.474. The summed E-state index contributed by atoms with van der Waals surface area (Å²) < 4.78 is 5.75. The number of carbonyl (C=O) groups is 2. The third kappa shape index (κ3) is 3.46. The standard InChI is InChI=1S/C18H13NO3S/c20-11-14-10-17(23-18(14)19-12-21)13-6-8-16(9-7-13)22-15-4-2-1-3-5-15/h1-12H,(H,19,21). The smallest absolute Gasteiger partial charge is 0.212 e. The lowest BCUT2D eigenvalue weighted by Gasteiger charge is -2.06. The summed E-state index contributed by atoms with van der Waals surface area (Å²) in [4.78, 5) is 22.5. The second kappa shape index (κ2) is 6.89. The van der Waals surface area contributed by atoms with Crippen molar-refractivity contribution in [3.8, 4) is 21.9 Å². The molecule has 0 aliphatic rings. The van der Waals surface area contributed by atoms with Gasteiger partial charge in [-0.1, -0.05) is 18.2 Å². The third-order valence-corrected chi connectivity index (χ3v) is 4.33. The molecule has 0 atom stereocenters. The lowest BCUT2D eigenvalue weighted by Crippen LogP contribution is -1.93. The number of amides is 1. The van der Waals surface area contributed by atoms with Crippen LogP contribution in [0.3, 0.4) is 0 Å². The summed E-state index contributed by atoms with van der Waals surface area (Å²) in [7, 11) is 0. The number of para-hydroxylation sites is 1. The van der Waals surface area contributed by atoms with E-state index in [1.54, 1.807) is 6.07 Å². The fourth-order valence-electron chi connectivity index (χ4n) is 2.11. The van der Waals surface area contributed by atoms with Crippen molar-refractivity contribution < 1.29 is 14.3 Å². The highest BCUT2D eigenvalue weighted by atomic mass is 32.1. The first-order chi connectivity index (χ1) is 11.3. The van der Waals surface area contributed by atoms with Crippen LogP contribution in [0.15, 0.2) is 60.7 Å². The molecule has 0 saturated heterocycles. The fourth-order valence-corrected chi connectivity index (χ4v) is 3.10. The summed E-state index contributed by atoms with van der Waals surface area (Å²) in [5.41, 5.74) is 1.43. The lowest BCUT2D eigenvalue weighted by atomic mass is 10.1. The zero-order valence-electron chi connectivity index (χ0n) is 12.1. The molecule has 1 N–H and O–H groups in total. The van der Waals surface area contributed by atoms with Crippen molar-refractivity contribution >= 4 is 29.0 Å². The molecule has 0 aliphatic carbocycles. The highest BCUT2D eigenvalue weighted by Crippen LogP contribution is 2.35. The molecule has 0 saturated carbocycles. The zero-order valence-corrected chi connectivity index (χ0v) is 12.9. The molecular formula is C18H13NO3S. The summed E-state index contributed by atoms with van der Waals surface area (Å²) >= 11 is 1.36. The van der Waals surface area contributed by atoms with Crippen LogP contribution in [0.2, 0.25) is 0 Å². The van der Waals surface area contributed by atoms with Crippen LogP contribution in [0, 0.1) is 0 Å². The molecule has 3 aromatic rings. The molecule has 0 spiro atoms. The molecule has 23 heavy (non-hydrogen) atoms. The van der Waals surface area contributed by atoms with Crippen LogP contribution in [-0.4, -0.2) is 12.7 Å². The molecule has 3 rings (SSSR count). The Bertz CT molecular complexity index is 810. The first-order valence-electron chi connectivity index (χ1n) is 6.92. The van der Waals surface area contributed by atoms with Gasteiger partial charge in [-0.15, -0.1) is 11.3 Å². The molecule has 114 valence electrons. The van der Waals surface area contributed by atoms with E-state index in [2.05, 4.69) is 5.32 Å². The van der Waals surface area contributed by atoms with Crippen LogP contribution in [0.4, 0.5) is 5.00 Å². The average molecular weight is 323 g/mol. The Morgan fingerprint density at radius 1 is 0.913 bits per heavy atom. The maximum atomic E-state index is 11.0. The van der Waals surface area contributed by atoms with Crippen LogP contribution in [0.1, 0.15) is 10.4 Å². The molecule has 0 aliphatic heterocycles. The van der Waals surface area contributed by atoms with E-state index in [0.29, 0.717) is 17.0 Å². The van der Waals surface area contributed by atoms with Crippen molar-refractivity contribution in [2.45, 2.75) is 0 Å². The molecule has 2 aromatic carbocycles. The minimum absolute atomic E-state index is 0.474. The van der Waals surface area contributed by atoms with E-state index in [-0.39, 0.29) is 0 Å². The summed E-state index contributed by atoms with van der Waals surface area (Å²) in [6.45, 7) is 0. The van der Waals surface area contributed by atoms with Crippen molar-refractivity contribution in [1.29, 1.82) is 0 Å². The fraction of sp³-hybridized carbons (Fsp3) is 0. The van der Waals surface area contributed by atoms with Gasteiger partial charge >= 0.3 is 0 Å². The topological polar surface area (TPSA) is 55.4 Å². The van der Waals surface area contributed by atoms with Gasteiger partial charge in [-0.05, 0) is 48.0 Å². The second-order valence-electron chi connectivity index (χ2n) is 4.71. The molecule has 4 nitrogen and oxygen atoms in total. The number of benzene rings is 2. The molecule has 0 radical (unpaired) electrons. The molecule has 0 bridgehead atoms. The average Bonchev–Trinajstić information content (AvgIpc) is 3.00. The van der Waals surface area contributed by atoms with Crippen LogP contribution in [-0.2, 0) is 4.79 Å². The summed E-state index contributed by atoms with van der Waals surface area (Å²) in [6, 6.07) is 18.9. The Morgan fingerprint density at radius 3 is 2.26 bits per heavy atom. The molecule has 1 heterocycles. The van der Waals surface area contributed by atoms with Gasteiger partial charge in [-0.2, -0.15) is 0 Å². The number of carbonyl (C=O) groups excluding carboxylic acids is 2. The van der Waals surface area contributed by atoms with E-state index in [0.717, 1.165) is 28.2 Å². The normalized spacial score (nSPS) is 10.1. The Labute approximate surface area is 137 Å². The first-order valence-corrected chi connectivity index (χ1v) is 7.74. The molecule has 0 unspecified atom stereocenters. The van der Waals surface area contributed by atoms with Crippen molar-refractivity contribution in [3.63, 3.8) is 0 Å². The number of rotatable bonds is 6. The molecular weight excluding hydrogens is 310 g/mol. The van der Waals surface area contributed by atoms with Gasteiger partial charge in [0.15, 0.2) is 6.29 Å². The first kappa shape index (κ1) is 15.0. The predicted octanol–water partition coefficient (Wildman–Crippen LogP) is 4.59. The Balaban J connectivity index is 1.82. The Morgan fingerprint density at radius 2 is 1.61 bits per heavy atom. The van der Waals surface area contributed by atoms with Gasteiger partial charge in [0.1, 0.15) is 16.5 Å². The van der Waals surface area contributed by atoms with E-state index in [1.165, 1.54) is 11.3 Å². The van der Waals surface area contributed by atoms with Gasteiger partial charge in [0.25, 0.3) is 0 Å². The van der Waals surface area contributed by atoms with Gasteiger partial charge < -0.3 is 10.1 Å². The van der Waals surface area contributed by atoms with Gasteiger partial charge in [0.2, 0.25) is 6.41 Å². The van der Waals surface area contributed by atoms with Gasteiger partial charge in [0.05, 0.1) is 0 Å². The molecule has 5 heteroatoms. The van der Waals surface area contributed by atoms with E-state index >= 15 is 0 Å². The number of nitrogens with one attached hydrogen (secondary N) is 1. The minimum Gasteiger partial charge on any atom is -0.457 e. The van der Waals surface area contributed by atoms with E-state index < -0.39 is 0 Å². The monoisotopic (exact) mass is 323 g/mol. The Hall–Kier alpha value is -2.92. The van der Waals surface area contributed by atoms with Crippen molar-refractivity contribution in [2.75, 3.05) is 5.32 Å². The van der Waals surface area contributed by atoms with Gasteiger partial charge in [-0.3, -0.25) is 9.59 Å². The number of aldehydes is 1. The highest BCUT2D eigenvalue weighted by Gasteiger charge is 2.10. The van der Waals surface area contributed by atoms with E-state index in [1.807, 2.05) is 54.6 Å².